The Morgan fingerprint density at radius 1 is 1.29 bits per heavy atom. The highest BCUT2D eigenvalue weighted by Gasteiger charge is 2.21. The molecule has 0 aliphatic heterocycles. The van der Waals surface area contributed by atoms with Gasteiger partial charge in [0.05, 0.1) is 9.90 Å². The van der Waals surface area contributed by atoms with Gasteiger partial charge >= 0.3 is 0 Å². The Balaban J connectivity index is 1.91. The minimum Gasteiger partial charge on any atom is -0.262 e. The van der Waals surface area contributed by atoms with Crippen LogP contribution >= 0.6 is 34.5 Å². The van der Waals surface area contributed by atoms with Crippen molar-refractivity contribution in [1.82, 2.24) is 15.2 Å². The molecule has 17 heavy (non-hydrogen) atoms. The second kappa shape index (κ2) is 4.59. The summed E-state index contributed by atoms with van der Waals surface area (Å²) in [5, 5.41) is 7.26. The largest absolute Gasteiger partial charge is 0.262 e. The molecule has 0 spiro atoms. The first-order chi connectivity index (χ1) is 8.24. The first-order valence-electron chi connectivity index (χ1n) is 5.61. The normalized spacial score (nSPS) is 16.8. The first kappa shape index (κ1) is 11.5. The average molecular weight is 288 g/mol. The zero-order valence-corrected chi connectivity index (χ0v) is 11.4. The number of thiophene rings is 1. The van der Waals surface area contributed by atoms with E-state index >= 15 is 0 Å². The molecule has 1 aliphatic carbocycles. The Morgan fingerprint density at radius 3 is 2.71 bits per heavy atom. The number of hydrogen-bond donors (Lipinski definition) is 1. The Labute approximate surface area is 113 Å². The molecule has 2 heterocycles. The van der Waals surface area contributed by atoms with E-state index in [1.54, 1.807) is 0 Å². The molecule has 0 unspecified atom stereocenters. The summed E-state index contributed by atoms with van der Waals surface area (Å²) in [5.74, 6) is 2.17. The quantitative estimate of drug-likeness (QED) is 0.884. The Bertz CT molecular complexity index is 529. The fraction of sp³-hybridized carbons (Fsp3) is 0.455. The zero-order valence-electron chi connectivity index (χ0n) is 9.04. The van der Waals surface area contributed by atoms with E-state index in [9.17, 15) is 0 Å². The fourth-order valence-corrected chi connectivity index (χ4v) is 3.72. The summed E-state index contributed by atoms with van der Waals surface area (Å²) < 4.78 is 1.31. The maximum Gasteiger partial charge on any atom is 0.183 e. The van der Waals surface area contributed by atoms with Crippen LogP contribution in [-0.4, -0.2) is 15.2 Å². The lowest BCUT2D eigenvalue weighted by Gasteiger charge is -2.01. The molecule has 2 aromatic rings. The first-order valence-corrected chi connectivity index (χ1v) is 7.19. The molecule has 0 radical (unpaired) electrons. The molecule has 0 amide bonds. The number of H-pyrrole nitrogens is 1. The van der Waals surface area contributed by atoms with Gasteiger partial charge in [-0.2, -0.15) is 5.10 Å². The second-order valence-electron chi connectivity index (χ2n) is 4.26. The summed E-state index contributed by atoms with van der Waals surface area (Å²) in [7, 11) is 0. The molecule has 0 atom stereocenters. The van der Waals surface area contributed by atoms with Crippen LogP contribution in [0.1, 0.15) is 37.4 Å². The van der Waals surface area contributed by atoms with E-state index in [0.29, 0.717) is 20.4 Å². The van der Waals surface area contributed by atoms with Crippen LogP contribution in [0.25, 0.3) is 11.4 Å². The third-order valence-electron chi connectivity index (χ3n) is 3.14. The van der Waals surface area contributed by atoms with Gasteiger partial charge in [0.15, 0.2) is 5.82 Å². The van der Waals surface area contributed by atoms with E-state index < -0.39 is 0 Å². The van der Waals surface area contributed by atoms with Crippen LogP contribution < -0.4 is 0 Å². The molecule has 3 rings (SSSR count). The van der Waals surface area contributed by atoms with E-state index in [4.69, 9.17) is 23.2 Å². The average Bonchev–Trinajstić information content (AvgIpc) is 2.97. The van der Waals surface area contributed by atoms with Crippen LogP contribution in [0.15, 0.2) is 6.07 Å². The van der Waals surface area contributed by atoms with Gasteiger partial charge in [0, 0.05) is 5.92 Å². The van der Waals surface area contributed by atoms with Crippen molar-refractivity contribution < 1.29 is 0 Å². The van der Waals surface area contributed by atoms with Gasteiger partial charge in [-0.1, -0.05) is 36.0 Å². The SMILES string of the molecule is Clc1cc(-c2n[nH]c(C3CCCC3)n2)c(Cl)s1. The monoisotopic (exact) mass is 287 g/mol. The molecule has 1 N–H and O–H groups in total. The Morgan fingerprint density at radius 2 is 2.06 bits per heavy atom. The van der Waals surface area contributed by atoms with Crippen LogP contribution in [0.2, 0.25) is 8.67 Å². The number of nitrogens with one attached hydrogen (secondary N) is 1. The minimum atomic E-state index is 0.532. The van der Waals surface area contributed by atoms with Gasteiger partial charge in [-0.15, -0.1) is 11.3 Å². The van der Waals surface area contributed by atoms with E-state index in [-0.39, 0.29) is 0 Å². The summed E-state index contributed by atoms with van der Waals surface area (Å²) in [6.45, 7) is 0. The summed E-state index contributed by atoms with van der Waals surface area (Å²) >= 11 is 13.3. The molecule has 0 saturated heterocycles. The third kappa shape index (κ3) is 2.21. The lowest BCUT2D eigenvalue weighted by atomic mass is 10.1. The maximum atomic E-state index is 6.09. The van der Waals surface area contributed by atoms with Crippen molar-refractivity contribution in [3.63, 3.8) is 0 Å². The molecule has 3 nitrogen and oxygen atoms in total. The van der Waals surface area contributed by atoms with Gasteiger partial charge in [-0.25, -0.2) is 4.98 Å². The van der Waals surface area contributed by atoms with Gasteiger partial charge in [0.2, 0.25) is 0 Å². The van der Waals surface area contributed by atoms with Crippen LogP contribution in [0.3, 0.4) is 0 Å². The summed E-state index contributed by atoms with van der Waals surface area (Å²) in [4.78, 5) is 4.53. The van der Waals surface area contributed by atoms with Gasteiger partial charge in [0.1, 0.15) is 10.2 Å². The molecule has 1 aliphatic rings. The highest BCUT2D eigenvalue weighted by molar-refractivity contribution is 7.20. The molecule has 90 valence electrons. The maximum absolute atomic E-state index is 6.09. The van der Waals surface area contributed by atoms with E-state index in [2.05, 4.69) is 15.2 Å². The molecular formula is C11H11Cl2N3S. The second-order valence-corrected chi connectivity index (χ2v) is 6.55. The lowest BCUT2D eigenvalue weighted by Crippen LogP contribution is -1.94. The highest BCUT2D eigenvalue weighted by atomic mass is 35.5. The molecule has 0 bridgehead atoms. The third-order valence-corrected chi connectivity index (χ3v) is 4.63. The Kier molecular flexibility index (Phi) is 3.11. The number of aromatic amines is 1. The number of rotatable bonds is 2. The van der Waals surface area contributed by atoms with E-state index in [1.807, 2.05) is 6.07 Å². The molecule has 1 saturated carbocycles. The molecule has 2 aromatic heterocycles. The van der Waals surface area contributed by atoms with Crippen molar-refractivity contribution in [3.8, 4) is 11.4 Å². The standard InChI is InChI=1S/C11H11Cl2N3S/c12-8-5-7(9(13)17-8)11-14-10(15-16-11)6-3-1-2-4-6/h5-6H,1-4H2,(H,14,15,16). The zero-order chi connectivity index (χ0) is 11.8. The van der Waals surface area contributed by atoms with Crippen LogP contribution in [0.5, 0.6) is 0 Å². The van der Waals surface area contributed by atoms with Gasteiger partial charge in [-0.05, 0) is 18.9 Å². The van der Waals surface area contributed by atoms with Crippen LogP contribution in [-0.2, 0) is 0 Å². The van der Waals surface area contributed by atoms with E-state index in [0.717, 1.165) is 11.4 Å². The number of hydrogen-bond acceptors (Lipinski definition) is 3. The molecule has 6 heteroatoms. The van der Waals surface area contributed by atoms with Crippen molar-refractivity contribution in [3.05, 3.63) is 20.6 Å². The van der Waals surface area contributed by atoms with Crippen molar-refractivity contribution >= 4 is 34.5 Å². The van der Waals surface area contributed by atoms with Crippen molar-refractivity contribution in [2.45, 2.75) is 31.6 Å². The fourth-order valence-electron chi connectivity index (χ4n) is 2.27. The molecule has 0 aromatic carbocycles. The van der Waals surface area contributed by atoms with Gasteiger partial charge in [0.25, 0.3) is 0 Å². The number of halogens is 2. The number of nitrogens with zero attached hydrogens (tertiary/aromatic N) is 2. The highest BCUT2D eigenvalue weighted by Crippen LogP contribution is 2.38. The van der Waals surface area contributed by atoms with Gasteiger partial charge < -0.3 is 0 Å². The predicted molar refractivity (Wildman–Crippen MR) is 70.9 cm³/mol. The molecule has 1 fully saturated rings. The van der Waals surface area contributed by atoms with Crippen LogP contribution in [0.4, 0.5) is 0 Å². The predicted octanol–water partition coefficient (Wildman–Crippen LogP) is 4.50. The lowest BCUT2D eigenvalue weighted by molar-refractivity contribution is 0.672. The summed E-state index contributed by atoms with van der Waals surface area (Å²) in [6.07, 6.45) is 4.97. The smallest absolute Gasteiger partial charge is 0.183 e. The summed E-state index contributed by atoms with van der Waals surface area (Å²) in [6, 6.07) is 1.82. The Hall–Kier alpha value is -0.580. The van der Waals surface area contributed by atoms with Crippen molar-refractivity contribution in [1.29, 1.82) is 0 Å². The van der Waals surface area contributed by atoms with Crippen molar-refractivity contribution in [2.24, 2.45) is 0 Å². The van der Waals surface area contributed by atoms with Crippen molar-refractivity contribution in [2.75, 3.05) is 0 Å². The number of aromatic nitrogens is 3. The summed E-state index contributed by atoms with van der Waals surface area (Å²) in [5.41, 5.74) is 0.821. The van der Waals surface area contributed by atoms with E-state index in [1.165, 1.54) is 37.0 Å². The molecular weight excluding hydrogens is 277 g/mol. The topological polar surface area (TPSA) is 41.6 Å². The van der Waals surface area contributed by atoms with Gasteiger partial charge in [-0.3, -0.25) is 5.10 Å². The van der Waals surface area contributed by atoms with Crippen LogP contribution in [0, 0.1) is 0 Å². The minimum absolute atomic E-state index is 0.532.